The van der Waals surface area contributed by atoms with Crippen LogP contribution < -0.4 is 5.32 Å². The van der Waals surface area contributed by atoms with Gasteiger partial charge in [0, 0.05) is 13.0 Å². The summed E-state index contributed by atoms with van der Waals surface area (Å²) in [7, 11) is -3.71. The van der Waals surface area contributed by atoms with Gasteiger partial charge in [-0.2, -0.15) is 0 Å². The van der Waals surface area contributed by atoms with Crippen molar-refractivity contribution in [3.63, 3.8) is 0 Å². The summed E-state index contributed by atoms with van der Waals surface area (Å²) in [6.07, 6.45) is 1.25. The summed E-state index contributed by atoms with van der Waals surface area (Å²) in [6.45, 7) is 2.28. The van der Waals surface area contributed by atoms with Crippen molar-refractivity contribution in [2.24, 2.45) is 0 Å². The normalized spacial score (nSPS) is 18.9. The number of sulfonamides is 1. The van der Waals surface area contributed by atoms with Gasteiger partial charge >= 0.3 is 0 Å². The number of rotatable bonds is 4. The highest BCUT2D eigenvalue weighted by Crippen LogP contribution is 2.22. The van der Waals surface area contributed by atoms with Crippen LogP contribution in [0.15, 0.2) is 24.3 Å². The van der Waals surface area contributed by atoms with E-state index in [-0.39, 0.29) is 12.8 Å². The summed E-state index contributed by atoms with van der Waals surface area (Å²) in [4.78, 5) is 23.7. The second-order valence-corrected chi connectivity index (χ2v) is 7.07. The van der Waals surface area contributed by atoms with Crippen molar-refractivity contribution in [1.82, 2.24) is 9.62 Å². The number of nitrogens with zero attached hydrogens (tertiary/aromatic N) is 1. The number of hydrogen-bond donors (Lipinski definition) is 1. The summed E-state index contributed by atoms with van der Waals surface area (Å²) in [6, 6.07) is 6.72. The average Bonchev–Trinajstić information content (AvgIpc) is 2.79. The van der Waals surface area contributed by atoms with Gasteiger partial charge in [-0.25, -0.2) is 12.7 Å². The van der Waals surface area contributed by atoms with Crippen LogP contribution in [0, 0.1) is 6.92 Å². The van der Waals surface area contributed by atoms with Crippen LogP contribution in [-0.4, -0.2) is 36.8 Å². The molecule has 2 amide bonds. The molecule has 1 N–H and O–H groups in total. The number of hydrogen-bond acceptors (Lipinski definition) is 4. The summed E-state index contributed by atoms with van der Waals surface area (Å²) >= 11 is 0. The first-order valence-corrected chi connectivity index (χ1v) is 8.49. The Bertz CT molecular complexity index is 652. The van der Waals surface area contributed by atoms with E-state index in [2.05, 4.69) is 5.32 Å². The van der Waals surface area contributed by atoms with Crippen LogP contribution in [0.1, 0.15) is 24.0 Å². The van der Waals surface area contributed by atoms with Gasteiger partial charge in [0.25, 0.3) is 0 Å². The van der Waals surface area contributed by atoms with Gasteiger partial charge in [0.1, 0.15) is 6.04 Å². The van der Waals surface area contributed by atoms with Crippen molar-refractivity contribution in [3.8, 4) is 0 Å². The van der Waals surface area contributed by atoms with E-state index in [0.29, 0.717) is 10.8 Å². The minimum atomic E-state index is -3.71. The van der Waals surface area contributed by atoms with Crippen molar-refractivity contribution >= 4 is 21.8 Å². The van der Waals surface area contributed by atoms with Crippen molar-refractivity contribution in [2.45, 2.75) is 32.4 Å². The fourth-order valence-corrected chi connectivity index (χ4v) is 3.45. The predicted molar refractivity (Wildman–Crippen MR) is 77.7 cm³/mol. The molecule has 0 saturated carbocycles. The first-order valence-electron chi connectivity index (χ1n) is 6.64. The molecule has 1 unspecified atom stereocenters. The van der Waals surface area contributed by atoms with Gasteiger partial charge in [0.15, 0.2) is 0 Å². The quantitative estimate of drug-likeness (QED) is 0.881. The molecule has 1 fully saturated rings. The SMILES string of the molecule is Cc1ccc(CNC(=O)C2CCC(=O)N2S(C)(=O)=O)cc1. The average molecular weight is 310 g/mol. The second kappa shape index (κ2) is 5.85. The van der Waals surface area contributed by atoms with Gasteiger partial charge in [0.05, 0.1) is 6.26 Å². The Labute approximate surface area is 124 Å². The predicted octanol–water partition coefficient (Wildman–Crippen LogP) is 0.562. The highest BCUT2D eigenvalue weighted by molar-refractivity contribution is 7.89. The molecule has 0 bridgehead atoms. The Morgan fingerprint density at radius 1 is 1.33 bits per heavy atom. The van der Waals surface area contributed by atoms with Crippen molar-refractivity contribution in [2.75, 3.05) is 6.26 Å². The zero-order chi connectivity index (χ0) is 15.6. The van der Waals surface area contributed by atoms with Crippen LogP contribution in [0.5, 0.6) is 0 Å². The lowest BCUT2D eigenvalue weighted by Crippen LogP contribution is -2.46. The lowest BCUT2D eigenvalue weighted by Gasteiger charge is -2.21. The van der Waals surface area contributed by atoms with Crippen molar-refractivity contribution in [3.05, 3.63) is 35.4 Å². The molecule has 0 aliphatic carbocycles. The van der Waals surface area contributed by atoms with E-state index >= 15 is 0 Å². The first kappa shape index (κ1) is 15.5. The molecule has 1 aromatic carbocycles. The van der Waals surface area contributed by atoms with Gasteiger partial charge in [-0.15, -0.1) is 0 Å². The standard InChI is InChI=1S/C14H18N2O4S/c1-10-3-5-11(6-4-10)9-15-14(18)12-7-8-13(17)16(12)21(2,19)20/h3-6,12H,7-9H2,1-2H3,(H,15,18). The van der Waals surface area contributed by atoms with Gasteiger partial charge in [-0.1, -0.05) is 29.8 Å². The van der Waals surface area contributed by atoms with E-state index in [1.807, 2.05) is 31.2 Å². The number of benzene rings is 1. The molecular formula is C14H18N2O4S. The van der Waals surface area contributed by atoms with E-state index < -0.39 is 27.9 Å². The maximum atomic E-state index is 12.1. The second-order valence-electron chi connectivity index (χ2n) is 5.21. The number of amides is 2. The third-order valence-electron chi connectivity index (χ3n) is 3.41. The van der Waals surface area contributed by atoms with E-state index in [0.717, 1.165) is 17.4 Å². The zero-order valence-corrected chi connectivity index (χ0v) is 12.8. The third kappa shape index (κ3) is 3.60. The molecule has 2 rings (SSSR count). The molecule has 6 nitrogen and oxygen atoms in total. The molecule has 1 saturated heterocycles. The van der Waals surface area contributed by atoms with E-state index in [1.54, 1.807) is 0 Å². The Balaban J connectivity index is 2.03. The van der Waals surface area contributed by atoms with Gasteiger partial charge in [-0.3, -0.25) is 9.59 Å². The minimum absolute atomic E-state index is 0.0791. The van der Waals surface area contributed by atoms with E-state index in [4.69, 9.17) is 0 Å². The topological polar surface area (TPSA) is 83.6 Å². The van der Waals surface area contributed by atoms with Crippen molar-refractivity contribution < 1.29 is 18.0 Å². The molecule has 21 heavy (non-hydrogen) atoms. The molecule has 0 radical (unpaired) electrons. The van der Waals surface area contributed by atoms with Crippen LogP contribution in [0.2, 0.25) is 0 Å². The van der Waals surface area contributed by atoms with Gasteiger partial charge in [-0.05, 0) is 18.9 Å². The molecule has 0 aromatic heterocycles. The Kier molecular flexibility index (Phi) is 4.32. The Morgan fingerprint density at radius 3 is 2.52 bits per heavy atom. The van der Waals surface area contributed by atoms with Crippen LogP contribution in [0.25, 0.3) is 0 Å². The van der Waals surface area contributed by atoms with Crippen LogP contribution in [0.4, 0.5) is 0 Å². The molecule has 1 heterocycles. The fourth-order valence-electron chi connectivity index (χ4n) is 2.33. The summed E-state index contributed by atoms with van der Waals surface area (Å²) in [5.41, 5.74) is 2.04. The zero-order valence-electron chi connectivity index (χ0n) is 12.0. The monoisotopic (exact) mass is 310 g/mol. The first-order chi connectivity index (χ1) is 9.79. The van der Waals surface area contributed by atoms with Crippen LogP contribution in [0.3, 0.4) is 0 Å². The number of carbonyl (C=O) groups is 2. The molecular weight excluding hydrogens is 292 g/mol. The highest BCUT2D eigenvalue weighted by Gasteiger charge is 2.41. The number of carbonyl (C=O) groups excluding carboxylic acids is 2. The maximum absolute atomic E-state index is 12.1. The lowest BCUT2D eigenvalue weighted by atomic mass is 10.1. The molecule has 1 atom stereocenters. The molecule has 114 valence electrons. The Morgan fingerprint density at radius 2 is 1.95 bits per heavy atom. The lowest BCUT2D eigenvalue weighted by molar-refractivity contribution is -0.130. The summed E-state index contributed by atoms with van der Waals surface area (Å²) in [5, 5.41) is 2.69. The summed E-state index contributed by atoms with van der Waals surface area (Å²) in [5.74, 6) is -0.958. The Hall–Kier alpha value is -1.89. The summed E-state index contributed by atoms with van der Waals surface area (Å²) < 4.78 is 23.9. The highest BCUT2D eigenvalue weighted by atomic mass is 32.2. The number of aryl methyl sites for hydroxylation is 1. The van der Waals surface area contributed by atoms with E-state index in [1.165, 1.54) is 0 Å². The molecule has 0 spiro atoms. The van der Waals surface area contributed by atoms with Crippen molar-refractivity contribution in [1.29, 1.82) is 0 Å². The smallest absolute Gasteiger partial charge is 0.244 e. The van der Waals surface area contributed by atoms with Crippen LogP contribution in [-0.2, 0) is 26.2 Å². The van der Waals surface area contributed by atoms with Gasteiger partial charge in [0.2, 0.25) is 21.8 Å². The number of nitrogens with one attached hydrogen (secondary N) is 1. The van der Waals surface area contributed by atoms with Gasteiger partial charge < -0.3 is 5.32 Å². The molecule has 1 aliphatic rings. The molecule has 7 heteroatoms. The molecule has 1 aromatic rings. The maximum Gasteiger partial charge on any atom is 0.244 e. The fraction of sp³-hybridized carbons (Fsp3) is 0.429. The van der Waals surface area contributed by atoms with Crippen LogP contribution >= 0.6 is 0 Å². The molecule has 1 aliphatic heterocycles. The minimum Gasteiger partial charge on any atom is -0.350 e. The third-order valence-corrected chi connectivity index (χ3v) is 4.58. The largest absolute Gasteiger partial charge is 0.350 e. The van der Waals surface area contributed by atoms with E-state index in [9.17, 15) is 18.0 Å².